The molecule has 0 saturated carbocycles. The molecule has 1 heterocycles. The fourth-order valence-corrected chi connectivity index (χ4v) is 2.66. The molecule has 1 saturated heterocycles. The van der Waals surface area contributed by atoms with E-state index < -0.39 is 11.6 Å². The molecule has 2 rings (SSSR count). The lowest BCUT2D eigenvalue weighted by molar-refractivity contribution is 0.163. The molecule has 1 aliphatic heterocycles. The van der Waals surface area contributed by atoms with Gasteiger partial charge in [-0.3, -0.25) is 4.90 Å². The Labute approximate surface area is 107 Å². The van der Waals surface area contributed by atoms with Crippen molar-refractivity contribution in [1.82, 2.24) is 4.90 Å². The van der Waals surface area contributed by atoms with Crippen LogP contribution in [0.3, 0.4) is 0 Å². The van der Waals surface area contributed by atoms with Gasteiger partial charge < -0.3 is 5.73 Å². The Balaban J connectivity index is 1.93. The van der Waals surface area contributed by atoms with E-state index in [9.17, 15) is 8.78 Å². The number of piperidine rings is 1. The Morgan fingerprint density at radius 3 is 2.83 bits per heavy atom. The van der Waals surface area contributed by atoms with E-state index in [1.165, 1.54) is 18.6 Å². The van der Waals surface area contributed by atoms with Crippen molar-refractivity contribution in [3.8, 4) is 0 Å². The van der Waals surface area contributed by atoms with Crippen LogP contribution >= 0.6 is 0 Å². The number of halogens is 2. The molecule has 1 aromatic rings. The third kappa shape index (κ3) is 3.50. The standard InChI is InChI=1S/C14H20F2N2/c15-13-4-3-12(8-14(13)16)10-18-7-1-2-11(9-18)5-6-17/h3-4,8,11H,1-2,5-7,9-10,17H2. The number of hydrogen-bond donors (Lipinski definition) is 1. The van der Waals surface area contributed by atoms with Crippen LogP contribution in [0.2, 0.25) is 0 Å². The van der Waals surface area contributed by atoms with Crippen molar-refractivity contribution in [3.05, 3.63) is 35.4 Å². The molecule has 4 heteroatoms. The van der Waals surface area contributed by atoms with Gasteiger partial charge in [-0.15, -0.1) is 0 Å². The first-order valence-electron chi connectivity index (χ1n) is 6.55. The molecule has 2 N–H and O–H groups in total. The number of likely N-dealkylation sites (tertiary alicyclic amines) is 1. The monoisotopic (exact) mass is 254 g/mol. The minimum absolute atomic E-state index is 0.647. The van der Waals surface area contributed by atoms with Gasteiger partial charge in [0.05, 0.1) is 0 Å². The highest BCUT2D eigenvalue weighted by Crippen LogP contribution is 2.21. The summed E-state index contributed by atoms with van der Waals surface area (Å²) in [5.41, 5.74) is 6.42. The summed E-state index contributed by atoms with van der Waals surface area (Å²) in [6.45, 7) is 3.46. The average molecular weight is 254 g/mol. The zero-order valence-electron chi connectivity index (χ0n) is 10.5. The van der Waals surface area contributed by atoms with Crippen molar-refractivity contribution in [1.29, 1.82) is 0 Å². The second kappa shape index (κ2) is 6.25. The first-order valence-corrected chi connectivity index (χ1v) is 6.55. The highest BCUT2D eigenvalue weighted by Gasteiger charge is 2.19. The molecule has 0 spiro atoms. The third-order valence-corrected chi connectivity index (χ3v) is 3.57. The summed E-state index contributed by atoms with van der Waals surface area (Å²) in [4.78, 5) is 2.30. The molecule has 1 aliphatic rings. The molecule has 0 amide bonds. The summed E-state index contributed by atoms with van der Waals surface area (Å²) in [5, 5.41) is 0. The zero-order chi connectivity index (χ0) is 13.0. The van der Waals surface area contributed by atoms with Crippen LogP contribution in [0, 0.1) is 17.6 Å². The van der Waals surface area contributed by atoms with Crippen LogP contribution in [0.25, 0.3) is 0 Å². The molecule has 1 atom stereocenters. The average Bonchev–Trinajstić information content (AvgIpc) is 2.35. The SMILES string of the molecule is NCCC1CCCN(Cc2ccc(F)c(F)c2)C1. The van der Waals surface area contributed by atoms with Crippen molar-refractivity contribution >= 4 is 0 Å². The Bertz CT molecular complexity index is 393. The molecule has 18 heavy (non-hydrogen) atoms. The van der Waals surface area contributed by atoms with Crippen molar-refractivity contribution < 1.29 is 8.78 Å². The molecule has 0 aromatic heterocycles. The van der Waals surface area contributed by atoms with Crippen LogP contribution in [-0.2, 0) is 6.54 Å². The Kier molecular flexibility index (Phi) is 4.66. The van der Waals surface area contributed by atoms with Gasteiger partial charge in [-0.1, -0.05) is 6.07 Å². The van der Waals surface area contributed by atoms with Gasteiger partial charge in [-0.05, 0) is 56.0 Å². The fraction of sp³-hybridized carbons (Fsp3) is 0.571. The Morgan fingerprint density at radius 2 is 2.11 bits per heavy atom. The molecule has 2 nitrogen and oxygen atoms in total. The van der Waals surface area contributed by atoms with Gasteiger partial charge in [0.15, 0.2) is 11.6 Å². The molecular weight excluding hydrogens is 234 g/mol. The molecule has 0 bridgehead atoms. The molecule has 100 valence electrons. The van der Waals surface area contributed by atoms with Crippen molar-refractivity contribution in [2.24, 2.45) is 11.7 Å². The molecular formula is C14H20F2N2. The van der Waals surface area contributed by atoms with Crippen LogP contribution in [-0.4, -0.2) is 24.5 Å². The first kappa shape index (κ1) is 13.4. The molecule has 0 aliphatic carbocycles. The minimum Gasteiger partial charge on any atom is -0.330 e. The topological polar surface area (TPSA) is 29.3 Å². The van der Waals surface area contributed by atoms with Crippen LogP contribution in [0.1, 0.15) is 24.8 Å². The molecule has 0 radical (unpaired) electrons. The van der Waals surface area contributed by atoms with Crippen molar-refractivity contribution in [2.45, 2.75) is 25.8 Å². The van der Waals surface area contributed by atoms with E-state index in [0.717, 1.165) is 38.0 Å². The highest BCUT2D eigenvalue weighted by atomic mass is 19.2. The lowest BCUT2D eigenvalue weighted by Crippen LogP contribution is -2.35. The maximum Gasteiger partial charge on any atom is 0.159 e. The Hall–Kier alpha value is -1.00. The van der Waals surface area contributed by atoms with E-state index in [4.69, 9.17) is 5.73 Å². The van der Waals surface area contributed by atoms with Gasteiger partial charge in [0, 0.05) is 13.1 Å². The second-order valence-electron chi connectivity index (χ2n) is 5.07. The summed E-state index contributed by atoms with van der Waals surface area (Å²) in [7, 11) is 0. The van der Waals surface area contributed by atoms with Crippen molar-refractivity contribution in [2.75, 3.05) is 19.6 Å². The van der Waals surface area contributed by atoms with E-state index in [1.54, 1.807) is 6.07 Å². The minimum atomic E-state index is -0.779. The van der Waals surface area contributed by atoms with Gasteiger partial charge in [0.25, 0.3) is 0 Å². The van der Waals surface area contributed by atoms with E-state index in [0.29, 0.717) is 12.5 Å². The molecule has 1 fully saturated rings. The Morgan fingerprint density at radius 1 is 1.28 bits per heavy atom. The first-order chi connectivity index (χ1) is 8.69. The van der Waals surface area contributed by atoms with Gasteiger partial charge in [-0.2, -0.15) is 0 Å². The lowest BCUT2D eigenvalue weighted by atomic mass is 9.94. The smallest absolute Gasteiger partial charge is 0.159 e. The number of benzene rings is 1. The van der Waals surface area contributed by atoms with Crippen LogP contribution in [0.15, 0.2) is 18.2 Å². The van der Waals surface area contributed by atoms with Gasteiger partial charge in [0.2, 0.25) is 0 Å². The van der Waals surface area contributed by atoms with Gasteiger partial charge in [-0.25, -0.2) is 8.78 Å². The maximum atomic E-state index is 13.1. The lowest BCUT2D eigenvalue weighted by Gasteiger charge is -2.32. The van der Waals surface area contributed by atoms with E-state index >= 15 is 0 Å². The second-order valence-corrected chi connectivity index (χ2v) is 5.07. The number of nitrogens with zero attached hydrogens (tertiary/aromatic N) is 1. The summed E-state index contributed by atoms with van der Waals surface area (Å²) in [6, 6.07) is 4.15. The van der Waals surface area contributed by atoms with Crippen molar-refractivity contribution in [3.63, 3.8) is 0 Å². The number of hydrogen-bond acceptors (Lipinski definition) is 2. The van der Waals surface area contributed by atoms with Crippen LogP contribution < -0.4 is 5.73 Å². The fourth-order valence-electron chi connectivity index (χ4n) is 2.66. The quantitative estimate of drug-likeness (QED) is 0.894. The summed E-state index contributed by atoms with van der Waals surface area (Å²) in [6.07, 6.45) is 3.44. The summed E-state index contributed by atoms with van der Waals surface area (Å²) in [5.74, 6) is -0.893. The summed E-state index contributed by atoms with van der Waals surface area (Å²) < 4.78 is 26.0. The third-order valence-electron chi connectivity index (χ3n) is 3.57. The van der Waals surface area contributed by atoms with Crippen LogP contribution in [0.5, 0.6) is 0 Å². The van der Waals surface area contributed by atoms with Gasteiger partial charge >= 0.3 is 0 Å². The van der Waals surface area contributed by atoms with Crippen LogP contribution in [0.4, 0.5) is 8.78 Å². The summed E-state index contributed by atoms with van der Waals surface area (Å²) >= 11 is 0. The normalized spacial score (nSPS) is 21.2. The predicted octanol–water partition coefficient (Wildman–Crippen LogP) is 2.53. The zero-order valence-corrected chi connectivity index (χ0v) is 10.5. The van der Waals surface area contributed by atoms with E-state index in [2.05, 4.69) is 4.90 Å². The van der Waals surface area contributed by atoms with E-state index in [1.807, 2.05) is 0 Å². The maximum absolute atomic E-state index is 13.1. The predicted molar refractivity (Wildman–Crippen MR) is 68.0 cm³/mol. The highest BCUT2D eigenvalue weighted by molar-refractivity contribution is 5.17. The molecule has 1 unspecified atom stereocenters. The number of rotatable bonds is 4. The largest absolute Gasteiger partial charge is 0.330 e. The number of nitrogens with two attached hydrogens (primary N) is 1. The van der Waals surface area contributed by atoms with E-state index in [-0.39, 0.29) is 0 Å². The van der Waals surface area contributed by atoms with Gasteiger partial charge in [0.1, 0.15) is 0 Å². The molecule has 1 aromatic carbocycles.